The van der Waals surface area contributed by atoms with Crippen LogP contribution in [0.1, 0.15) is 0 Å². The van der Waals surface area contributed by atoms with E-state index in [1.165, 1.54) is 0 Å². The van der Waals surface area contributed by atoms with Crippen molar-refractivity contribution in [2.24, 2.45) is 0 Å². The first-order chi connectivity index (χ1) is 5.75. The summed E-state index contributed by atoms with van der Waals surface area (Å²) in [4.78, 5) is 0. The van der Waals surface area contributed by atoms with Gasteiger partial charge in [-0.05, 0) is 22.6 Å². The second kappa shape index (κ2) is 3.30. The molecule has 0 bridgehead atoms. The van der Waals surface area contributed by atoms with Crippen LogP contribution in [-0.4, -0.2) is 22.0 Å². The van der Waals surface area contributed by atoms with Crippen molar-refractivity contribution >= 4 is 22.6 Å². The highest BCUT2D eigenvalue weighted by atomic mass is 127. The Morgan fingerprint density at radius 3 is 0.643 bits per heavy atom. The van der Waals surface area contributed by atoms with Crippen LogP contribution in [-0.2, 0) is 0 Å². The molecule has 0 fully saturated rings. The fraction of sp³-hybridized carbons (Fsp3) is 1.00. The minimum absolute atomic E-state index is 0.680. The van der Waals surface area contributed by atoms with E-state index in [4.69, 9.17) is 0 Å². The topological polar surface area (TPSA) is 0 Å². The van der Waals surface area contributed by atoms with E-state index in [0.29, 0.717) is 0 Å². The van der Waals surface area contributed by atoms with Crippen LogP contribution in [0, 0.1) is 0 Å². The van der Waals surface area contributed by atoms with Gasteiger partial charge < -0.3 is 0 Å². The molecule has 0 radical (unpaired) electrons. The molecule has 0 aromatic carbocycles. The highest BCUT2D eigenvalue weighted by Gasteiger charge is 2.82. The molecule has 14 heavy (non-hydrogen) atoms. The molecule has 0 heterocycles. The lowest BCUT2D eigenvalue weighted by molar-refractivity contribution is -0.337. The summed E-state index contributed by atoms with van der Waals surface area (Å²) in [6, 6.07) is 0. The summed E-state index contributed by atoms with van der Waals surface area (Å²) in [5.74, 6) is 0. The van der Waals surface area contributed by atoms with Gasteiger partial charge in [-0.25, -0.2) is 0 Å². The second-order valence-electron chi connectivity index (χ2n) is 2.15. The molecule has 0 aliphatic heterocycles. The van der Waals surface area contributed by atoms with Crippen LogP contribution in [0.25, 0.3) is 0 Å². The van der Waals surface area contributed by atoms with E-state index in [-0.39, 0.29) is 0 Å². The van der Waals surface area contributed by atoms with Gasteiger partial charge in [0.05, 0.1) is 0 Å². The number of hydrogen-bond donors (Lipinski definition) is 0. The van der Waals surface area contributed by atoms with Crippen molar-refractivity contribution in [1.82, 2.24) is 0 Å². The average Bonchev–Trinajstić information content (AvgIpc) is 1.77. The zero-order valence-electron chi connectivity index (χ0n) is 5.78. The van der Waals surface area contributed by atoms with Gasteiger partial charge in [0, 0.05) is 0 Å². The number of alkyl halides is 10. The molecule has 0 aliphatic rings. The van der Waals surface area contributed by atoms with Gasteiger partial charge in [-0.15, -0.1) is 0 Å². The Bertz CT molecular complexity index is 170. The Balaban J connectivity index is 5.54. The Morgan fingerprint density at radius 1 is 0.500 bits per heavy atom. The van der Waals surface area contributed by atoms with Crippen LogP contribution in [0.5, 0.6) is 0 Å². The van der Waals surface area contributed by atoms with Crippen LogP contribution in [0.3, 0.4) is 0 Å². The summed E-state index contributed by atoms with van der Waals surface area (Å²) in [6.45, 7) is 0. The van der Waals surface area contributed by atoms with E-state index >= 15 is 0 Å². The fourth-order valence-corrected chi connectivity index (χ4v) is 0.482. The highest BCUT2D eigenvalue weighted by molar-refractivity contribution is 14.1. The third-order valence-corrected chi connectivity index (χ3v) is 3.01. The molecular weight excluding hydrogens is 346 g/mol. The molecule has 86 valence electrons. The normalized spacial score (nSPS) is 15.9. The first kappa shape index (κ1) is 14.1. The molecule has 0 unspecified atom stereocenters. The molecule has 0 saturated carbocycles. The molecule has 0 saturated heterocycles. The monoisotopic (exact) mass is 346 g/mol. The minimum Gasteiger partial charge on any atom is -0.169 e. The van der Waals surface area contributed by atoms with E-state index in [2.05, 4.69) is 0 Å². The lowest BCUT2D eigenvalue weighted by atomic mass is 10.1. The molecule has 0 atom stereocenters. The predicted molar refractivity (Wildman–Crippen MR) is 34.9 cm³/mol. The molecular formula is C4F9I. The van der Waals surface area contributed by atoms with Crippen molar-refractivity contribution in [3.05, 3.63) is 0 Å². The lowest BCUT2D eigenvalue weighted by Gasteiger charge is -2.33. The number of rotatable bonds is 0. The Morgan fingerprint density at radius 2 is 0.643 bits per heavy atom. The maximum atomic E-state index is 11.6. The Hall–Kier alpha value is 0.100. The first-order valence-electron chi connectivity index (χ1n) is 2.64. The smallest absolute Gasteiger partial charge is 0.169 e. The Kier molecular flexibility index (Phi) is 3.33. The van der Waals surface area contributed by atoms with Crippen molar-refractivity contribution in [3.63, 3.8) is 0 Å². The molecule has 10 heteroatoms. The highest BCUT2D eigenvalue weighted by Crippen LogP contribution is 2.58. The Labute approximate surface area is 84.6 Å². The van der Waals surface area contributed by atoms with Crippen molar-refractivity contribution in [2.75, 3.05) is 0 Å². The van der Waals surface area contributed by atoms with Gasteiger partial charge in [-0.1, -0.05) is 0 Å². The van der Waals surface area contributed by atoms with Crippen LogP contribution in [0.15, 0.2) is 0 Å². The van der Waals surface area contributed by atoms with E-state index in [1.54, 1.807) is 0 Å². The molecule has 0 rings (SSSR count). The number of halogens is 10. The molecule has 0 amide bonds. The fourth-order valence-electron chi connectivity index (χ4n) is 0.482. The van der Waals surface area contributed by atoms with Gasteiger partial charge in [-0.2, -0.15) is 39.5 Å². The zero-order valence-corrected chi connectivity index (χ0v) is 7.94. The summed E-state index contributed by atoms with van der Waals surface area (Å²) in [5.41, 5.74) is 0. The SMILES string of the molecule is FC(F)(F)C(I)(C(F)(F)F)C(F)(F)F. The summed E-state index contributed by atoms with van der Waals surface area (Å²) in [6.07, 6.45) is -19.3. The molecule has 0 aliphatic carbocycles. The van der Waals surface area contributed by atoms with Crippen molar-refractivity contribution in [3.8, 4) is 0 Å². The van der Waals surface area contributed by atoms with Crippen molar-refractivity contribution in [1.29, 1.82) is 0 Å². The van der Waals surface area contributed by atoms with Gasteiger partial charge in [0.2, 0.25) is 0 Å². The largest absolute Gasteiger partial charge is 0.421 e. The van der Waals surface area contributed by atoms with Gasteiger partial charge in [-0.3, -0.25) is 0 Å². The van der Waals surface area contributed by atoms with Crippen molar-refractivity contribution < 1.29 is 39.5 Å². The molecule has 0 aromatic heterocycles. The summed E-state index contributed by atoms with van der Waals surface area (Å²) < 4.78 is 99.1. The quantitative estimate of drug-likeness (QED) is 0.355. The van der Waals surface area contributed by atoms with Crippen LogP contribution in [0.4, 0.5) is 39.5 Å². The van der Waals surface area contributed by atoms with Gasteiger partial charge in [0.15, 0.2) is 0 Å². The van der Waals surface area contributed by atoms with Crippen molar-refractivity contribution in [2.45, 2.75) is 22.0 Å². The van der Waals surface area contributed by atoms with E-state index in [1.807, 2.05) is 0 Å². The third-order valence-electron chi connectivity index (χ3n) is 1.17. The summed E-state index contributed by atoms with van der Waals surface area (Å²) >= 11 is -0.680. The van der Waals surface area contributed by atoms with E-state index in [0.717, 1.165) is 0 Å². The predicted octanol–water partition coefficient (Wildman–Crippen LogP) is 3.85. The maximum Gasteiger partial charge on any atom is 0.421 e. The average molecular weight is 346 g/mol. The summed E-state index contributed by atoms with van der Waals surface area (Å²) in [7, 11) is 0. The van der Waals surface area contributed by atoms with Crippen LogP contribution >= 0.6 is 22.6 Å². The zero-order chi connectivity index (χ0) is 12.0. The second-order valence-corrected chi connectivity index (χ2v) is 3.77. The minimum atomic E-state index is -6.44. The first-order valence-corrected chi connectivity index (χ1v) is 3.72. The molecule has 0 spiro atoms. The van der Waals surface area contributed by atoms with Gasteiger partial charge >= 0.3 is 22.0 Å². The van der Waals surface area contributed by atoms with Gasteiger partial charge in [0.1, 0.15) is 0 Å². The maximum absolute atomic E-state index is 11.6. The lowest BCUT2D eigenvalue weighted by Crippen LogP contribution is -2.61. The number of hydrogen-bond acceptors (Lipinski definition) is 0. The molecule has 0 nitrogen and oxygen atoms in total. The molecule has 0 N–H and O–H groups in total. The van der Waals surface area contributed by atoms with Gasteiger partial charge in [0.25, 0.3) is 0 Å². The van der Waals surface area contributed by atoms with E-state index in [9.17, 15) is 39.5 Å². The van der Waals surface area contributed by atoms with E-state index < -0.39 is 44.5 Å². The van der Waals surface area contributed by atoms with Crippen LogP contribution in [0.2, 0.25) is 0 Å². The summed E-state index contributed by atoms with van der Waals surface area (Å²) in [5, 5.41) is 0. The molecule has 0 aromatic rings. The standard InChI is InChI=1S/C4F9I/c5-2(6,7)1(14,3(8,9)10)4(11,12)13. The third kappa shape index (κ3) is 2.03. The van der Waals surface area contributed by atoms with Crippen LogP contribution < -0.4 is 0 Å².